The summed E-state index contributed by atoms with van der Waals surface area (Å²) in [5, 5.41) is 11.9. The highest BCUT2D eigenvalue weighted by molar-refractivity contribution is 5.87. The van der Waals surface area contributed by atoms with Crippen molar-refractivity contribution in [2.45, 2.75) is 45.6 Å². The second kappa shape index (κ2) is 10.8. The molecular formula is C20H31N3O3. The third-order valence-corrected chi connectivity index (χ3v) is 4.81. The molecule has 0 aliphatic carbocycles. The average Bonchev–Trinajstić information content (AvgIpc) is 2.92. The van der Waals surface area contributed by atoms with Crippen molar-refractivity contribution in [1.82, 2.24) is 15.1 Å². The summed E-state index contributed by atoms with van der Waals surface area (Å²) < 4.78 is 0. The summed E-state index contributed by atoms with van der Waals surface area (Å²) >= 11 is 0. The van der Waals surface area contributed by atoms with Gasteiger partial charge in [0.05, 0.1) is 5.56 Å². The van der Waals surface area contributed by atoms with Crippen LogP contribution in [0, 0.1) is 0 Å². The highest BCUT2D eigenvalue weighted by Crippen LogP contribution is 2.10. The Labute approximate surface area is 156 Å². The van der Waals surface area contributed by atoms with E-state index in [0.29, 0.717) is 6.54 Å². The summed E-state index contributed by atoms with van der Waals surface area (Å²) in [6, 6.07) is 6.56. The Morgan fingerprint density at radius 1 is 1.08 bits per heavy atom. The van der Waals surface area contributed by atoms with Crippen LogP contribution >= 0.6 is 0 Å². The van der Waals surface area contributed by atoms with Crippen molar-refractivity contribution in [2.75, 3.05) is 32.7 Å². The standard InChI is InChI=1S/C20H31N3O3/c1-2-11-23(15-14-22-12-5-3-4-6-13-22)20(26)21-16-17-7-9-18(10-8-17)19(24)25/h7-10H,2-6,11-16H2,1H3,(H,21,26)(H,24,25). The predicted molar refractivity (Wildman–Crippen MR) is 102 cm³/mol. The maximum Gasteiger partial charge on any atom is 0.335 e. The lowest BCUT2D eigenvalue weighted by Crippen LogP contribution is -2.44. The van der Waals surface area contributed by atoms with E-state index in [1.165, 1.54) is 25.7 Å². The van der Waals surface area contributed by atoms with E-state index >= 15 is 0 Å². The van der Waals surface area contributed by atoms with Gasteiger partial charge in [-0.2, -0.15) is 0 Å². The molecule has 1 fully saturated rings. The van der Waals surface area contributed by atoms with Gasteiger partial charge in [0.25, 0.3) is 0 Å². The minimum absolute atomic E-state index is 0.0519. The van der Waals surface area contributed by atoms with E-state index in [1.807, 2.05) is 4.90 Å². The largest absolute Gasteiger partial charge is 0.478 e. The normalized spacial score (nSPS) is 15.3. The van der Waals surface area contributed by atoms with Crippen LogP contribution < -0.4 is 5.32 Å². The van der Waals surface area contributed by atoms with Gasteiger partial charge in [0.1, 0.15) is 0 Å². The molecule has 2 rings (SSSR count). The number of carbonyl (C=O) groups is 2. The topological polar surface area (TPSA) is 72.9 Å². The van der Waals surface area contributed by atoms with E-state index in [4.69, 9.17) is 5.11 Å². The summed E-state index contributed by atoms with van der Waals surface area (Å²) in [5.74, 6) is -0.941. The molecule has 0 unspecified atom stereocenters. The predicted octanol–water partition coefficient (Wildman–Crippen LogP) is 3.18. The number of hydrogen-bond acceptors (Lipinski definition) is 3. The van der Waals surface area contributed by atoms with Crippen molar-refractivity contribution < 1.29 is 14.7 Å². The van der Waals surface area contributed by atoms with Crippen LogP contribution in [0.4, 0.5) is 4.79 Å². The summed E-state index contributed by atoms with van der Waals surface area (Å²) in [6.45, 7) is 7.19. The van der Waals surface area contributed by atoms with Crippen LogP contribution in [0.25, 0.3) is 0 Å². The summed E-state index contributed by atoms with van der Waals surface area (Å²) in [4.78, 5) is 27.8. The Hall–Kier alpha value is -2.08. The second-order valence-electron chi connectivity index (χ2n) is 6.90. The van der Waals surface area contributed by atoms with Crippen LogP contribution in [0.2, 0.25) is 0 Å². The number of nitrogens with one attached hydrogen (secondary N) is 1. The molecule has 0 saturated carbocycles. The molecule has 2 N–H and O–H groups in total. The van der Waals surface area contributed by atoms with E-state index in [0.717, 1.165) is 44.7 Å². The number of benzene rings is 1. The van der Waals surface area contributed by atoms with Crippen LogP contribution in [0.5, 0.6) is 0 Å². The van der Waals surface area contributed by atoms with Crippen molar-refractivity contribution in [1.29, 1.82) is 0 Å². The number of carboxylic acid groups (broad SMARTS) is 1. The first-order chi connectivity index (χ1) is 12.6. The van der Waals surface area contributed by atoms with Gasteiger partial charge in [0, 0.05) is 26.2 Å². The molecule has 1 aromatic rings. The number of carboxylic acids is 1. The Bertz CT molecular complexity index is 566. The lowest BCUT2D eigenvalue weighted by Gasteiger charge is -2.27. The van der Waals surface area contributed by atoms with Gasteiger partial charge in [-0.25, -0.2) is 9.59 Å². The fourth-order valence-electron chi connectivity index (χ4n) is 3.26. The minimum Gasteiger partial charge on any atom is -0.478 e. The molecule has 2 amide bonds. The van der Waals surface area contributed by atoms with Gasteiger partial charge >= 0.3 is 12.0 Å². The lowest BCUT2D eigenvalue weighted by atomic mass is 10.1. The van der Waals surface area contributed by atoms with E-state index < -0.39 is 5.97 Å². The first-order valence-corrected chi connectivity index (χ1v) is 9.67. The fraction of sp³-hybridized carbons (Fsp3) is 0.600. The number of amides is 2. The molecule has 0 radical (unpaired) electrons. The molecule has 26 heavy (non-hydrogen) atoms. The number of hydrogen-bond donors (Lipinski definition) is 2. The number of nitrogens with zero attached hydrogens (tertiary/aromatic N) is 2. The molecule has 144 valence electrons. The molecule has 0 atom stereocenters. The van der Waals surface area contributed by atoms with E-state index in [9.17, 15) is 9.59 Å². The molecule has 1 aliphatic rings. The highest BCUT2D eigenvalue weighted by Gasteiger charge is 2.15. The van der Waals surface area contributed by atoms with Crippen LogP contribution in [0.1, 0.15) is 54.9 Å². The van der Waals surface area contributed by atoms with Crippen molar-refractivity contribution in [3.63, 3.8) is 0 Å². The number of carbonyl (C=O) groups excluding carboxylic acids is 1. The third-order valence-electron chi connectivity index (χ3n) is 4.81. The third kappa shape index (κ3) is 6.67. The van der Waals surface area contributed by atoms with Gasteiger partial charge in [0.15, 0.2) is 0 Å². The summed E-state index contributed by atoms with van der Waals surface area (Å²) in [7, 11) is 0. The fourth-order valence-corrected chi connectivity index (χ4v) is 3.26. The van der Waals surface area contributed by atoms with Gasteiger partial charge in [-0.1, -0.05) is 31.9 Å². The quantitative estimate of drug-likeness (QED) is 0.746. The van der Waals surface area contributed by atoms with Crippen molar-refractivity contribution >= 4 is 12.0 Å². The highest BCUT2D eigenvalue weighted by atomic mass is 16.4. The van der Waals surface area contributed by atoms with Crippen molar-refractivity contribution in [3.8, 4) is 0 Å². The Balaban J connectivity index is 1.81. The molecule has 0 bridgehead atoms. The van der Waals surface area contributed by atoms with Gasteiger partial charge in [0.2, 0.25) is 0 Å². The lowest BCUT2D eigenvalue weighted by molar-refractivity contribution is 0.0697. The van der Waals surface area contributed by atoms with Crippen LogP contribution in [0.15, 0.2) is 24.3 Å². The van der Waals surface area contributed by atoms with E-state index in [1.54, 1.807) is 24.3 Å². The van der Waals surface area contributed by atoms with Gasteiger partial charge in [-0.3, -0.25) is 0 Å². The van der Waals surface area contributed by atoms with E-state index in [-0.39, 0.29) is 11.6 Å². The zero-order valence-electron chi connectivity index (χ0n) is 15.7. The summed E-state index contributed by atoms with van der Waals surface area (Å²) in [5.41, 5.74) is 1.15. The molecule has 6 heteroatoms. The van der Waals surface area contributed by atoms with E-state index in [2.05, 4.69) is 17.1 Å². The molecule has 6 nitrogen and oxygen atoms in total. The number of urea groups is 1. The minimum atomic E-state index is -0.941. The monoisotopic (exact) mass is 361 g/mol. The Morgan fingerprint density at radius 3 is 2.31 bits per heavy atom. The maximum atomic E-state index is 12.5. The molecule has 1 saturated heterocycles. The second-order valence-corrected chi connectivity index (χ2v) is 6.90. The number of likely N-dealkylation sites (tertiary alicyclic amines) is 1. The van der Waals surface area contributed by atoms with Gasteiger partial charge < -0.3 is 20.2 Å². The Kier molecular flexibility index (Phi) is 8.41. The molecule has 0 aromatic heterocycles. The molecule has 1 aromatic carbocycles. The first-order valence-electron chi connectivity index (χ1n) is 9.67. The Morgan fingerprint density at radius 2 is 1.73 bits per heavy atom. The zero-order chi connectivity index (χ0) is 18.8. The first kappa shape index (κ1) is 20.2. The molecule has 1 heterocycles. The zero-order valence-corrected chi connectivity index (χ0v) is 15.7. The van der Waals surface area contributed by atoms with Crippen LogP contribution in [-0.2, 0) is 6.54 Å². The number of aromatic carboxylic acids is 1. The van der Waals surface area contributed by atoms with Crippen LogP contribution in [0.3, 0.4) is 0 Å². The molecular weight excluding hydrogens is 330 g/mol. The van der Waals surface area contributed by atoms with Crippen LogP contribution in [-0.4, -0.2) is 59.6 Å². The molecule has 1 aliphatic heterocycles. The smallest absolute Gasteiger partial charge is 0.335 e. The SMILES string of the molecule is CCCN(CCN1CCCCCC1)C(=O)NCc1ccc(C(=O)O)cc1. The average molecular weight is 361 g/mol. The van der Waals surface area contributed by atoms with Crippen molar-refractivity contribution in [2.24, 2.45) is 0 Å². The van der Waals surface area contributed by atoms with Crippen molar-refractivity contribution in [3.05, 3.63) is 35.4 Å². The maximum absolute atomic E-state index is 12.5. The van der Waals surface area contributed by atoms with Gasteiger partial charge in [-0.05, 0) is 50.0 Å². The molecule has 0 spiro atoms. The summed E-state index contributed by atoms with van der Waals surface area (Å²) in [6.07, 6.45) is 6.08. The number of rotatable bonds is 8. The van der Waals surface area contributed by atoms with Gasteiger partial charge in [-0.15, -0.1) is 0 Å².